The summed E-state index contributed by atoms with van der Waals surface area (Å²) >= 11 is 0. The average Bonchev–Trinajstić information content (AvgIpc) is 3.60. The number of allylic oxidation sites excluding steroid dienone is 4. The van der Waals surface area contributed by atoms with Crippen molar-refractivity contribution in [1.29, 1.82) is 0 Å². The summed E-state index contributed by atoms with van der Waals surface area (Å²) in [6.07, 6.45) is 9.79. The third-order valence-electron chi connectivity index (χ3n) is 9.98. The Morgan fingerprint density at radius 2 is 1.27 bits per heavy atom. The maximum atomic E-state index is 5.20. The van der Waals surface area contributed by atoms with Crippen LogP contribution in [0, 0.1) is 0 Å². The van der Waals surface area contributed by atoms with Gasteiger partial charge in [0.25, 0.3) is 0 Å². The van der Waals surface area contributed by atoms with Gasteiger partial charge in [-0.05, 0) is 52.9 Å². The van der Waals surface area contributed by atoms with E-state index >= 15 is 0 Å². The van der Waals surface area contributed by atoms with Gasteiger partial charge >= 0.3 is 0 Å². The molecule has 10 rings (SSSR count). The van der Waals surface area contributed by atoms with E-state index in [1.54, 1.807) is 0 Å². The van der Waals surface area contributed by atoms with Crippen molar-refractivity contribution in [2.75, 3.05) is 0 Å². The molecule has 1 aliphatic rings. The predicted molar refractivity (Wildman–Crippen MR) is 208 cm³/mol. The minimum atomic E-state index is 0.266. The van der Waals surface area contributed by atoms with Gasteiger partial charge in [0.1, 0.15) is 11.2 Å². The van der Waals surface area contributed by atoms with Crippen molar-refractivity contribution in [1.82, 2.24) is 24.3 Å². The fourth-order valence-electron chi connectivity index (χ4n) is 7.38. The monoisotopic (exact) mass is 653 g/mol. The van der Waals surface area contributed by atoms with Crippen LogP contribution >= 0.6 is 0 Å². The molecular formula is C46H31N5. The second-order valence-electron chi connectivity index (χ2n) is 13.1. The molecule has 0 radical (unpaired) electrons. The summed E-state index contributed by atoms with van der Waals surface area (Å²) in [6, 6.07) is 50.7. The number of benzene rings is 5. The van der Waals surface area contributed by atoms with Gasteiger partial charge in [-0.2, -0.15) is 0 Å². The maximum Gasteiger partial charge on any atom is 0.165 e. The first kappa shape index (κ1) is 29.2. The number of fused-ring (bicyclic) bond motifs is 6. The van der Waals surface area contributed by atoms with Gasteiger partial charge in [0.05, 0.1) is 16.9 Å². The van der Waals surface area contributed by atoms with Gasteiger partial charge in [0, 0.05) is 39.4 Å². The van der Waals surface area contributed by atoms with E-state index in [4.69, 9.17) is 19.9 Å². The highest BCUT2D eigenvalue weighted by atomic mass is 15.1. The van der Waals surface area contributed by atoms with Gasteiger partial charge in [-0.15, -0.1) is 0 Å². The van der Waals surface area contributed by atoms with E-state index in [1.165, 1.54) is 16.7 Å². The van der Waals surface area contributed by atoms with Crippen LogP contribution in [0.15, 0.2) is 170 Å². The Hall–Kier alpha value is -6.72. The largest absolute Gasteiger partial charge is 0.284 e. The number of pyridine rings is 2. The summed E-state index contributed by atoms with van der Waals surface area (Å²) < 4.78 is 2.08. The van der Waals surface area contributed by atoms with Crippen LogP contribution in [0.25, 0.3) is 77.8 Å². The van der Waals surface area contributed by atoms with Gasteiger partial charge in [0.15, 0.2) is 11.5 Å². The van der Waals surface area contributed by atoms with Crippen LogP contribution in [0.3, 0.4) is 0 Å². The lowest BCUT2D eigenvalue weighted by Crippen LogP contribution is -2.01. The molecule has 1 unspecified atom stereocenters. The standard InChI is InChI=1S/C46H31N5/c1-2-11-30(12-3-1)35-13-10-14-36(29-35)43-39-17-6-7-18-40(39)47-45(49-43)34-26-22-32(23-27-34)31-20-24-33(25-21-31)42-37-15-4-5-16-38(37)44-46(50-42)51-28-9-8-19-41(51)48-44/h1-20,22-29,31H,21H2. The van der Waals surface area contributed by atoms with Gasteiger partial charge in [-0.1, -0.05) is 140 Å². The highest BCUT2D eigenvalue weighted by molar-refractivity contribution is 6.08. The van der Waals surface area contributed by atoms with Crippen LogP contribution in [0.5, 0.6) is 0 Å². The third kappa shape index (κ3) is 5.10. The molecule has 0 saturated heterocycles. The van der Waals surface area contributed by atoms with E-state index in [9.17, 15) is 0 Å². The fourth-order valence-corrected chi connectivity index (χ4v) is 7.38. The van der Waals surface area contributed by atoms with Crippen LogP contribution in [0.1, 0.15) is 23.6 Å². The summed E-state index contributed by atoms with van der Waals surface area (Å²) in [7, 11) is 0. The van der Waals surface area contributed by atoms with Crippen LogP contribution in [-0.4, -0.2) is 24.3 Å². The highest BCUT2D eigenvalue weighted by Crippen LogP contribution is 2.36. The molecule has 0 spiro atoms. The van der Waals surface area contributed by atoms with E-state index in [-0.39, 0.29) is 5.92 Å². The fraction of sp³-hybridized carbons (Fsp3) is 0.0435. The van der Waals surface area contributed by atoms with E-state index in [1.807, 2.05) is 36.5 Å². The van der Waals surface area contributed by atoms with Crippen molar-refractivity contribution in [2.24, 2.45) is 0 Å². The van der Waals surface area contributed by atoms with Gasteiger partial charge < -0.3 is 0 Å². The molecule has 9 aromatic rings. The Bertz CT molecular complexity index is 2830. The molecule has 1 atom stereocenters. The smallest absolute Gasteiger partial charge is 0.165 e. The lowest BCUT2D eigenvalue weighted by atomic mass is 9.88. The molecule has 1 aliphatic carbocycles. The number of para-hydroxylation sites is 1. The molecule has 0 bridgehead atoms. The molecular weight excluding hydrogens is 623 g/mol. The zero-order valence-electron chi connectivity index (χ0n) is 27.7. The maximum absolute atomic E-state index is 5.20. The van der Waals surface area contributed by atoms with Crippen molar-refractivity contribution in [2.45, 2.75) is 12.3 Å². The Morgan fingerprint density at radius 3 is 2.12 bits per heavy atom. The molecule has 0 saturated carbocycles. The quantitative estimate of drug-likeness (QED) is 0.185. The summed E-state index contributed by atoms with van der Waals surface area (Å²) in [6.45, 7) is 0. The molecule has 5 nitrogen and oxygen atoms in total. The van der Waals surface area contributed by atoms with Crippen molar-refractivity contribution in [3.63, 3.8) is 0 Å². The van der Waals surface area contributed by atoms with Crippen LogP contribution in [0.4, 0.5) is 0 Å². The number of aromatic nitrogens is 5. The summed E-state index contributed by atoms with van der Waals surface area (Å²) in [5, 5.41) is 3.28. The Morgan fingerprint density at radius 1 is 0.529 bits per heavy atom. The molecule has 4 heterocycles. The highest BCUT2D eigenvalue weighted by Gasteiger charge is 2.19. The molecule has 0 aliphatic heterocycles. The average molecular weight is 654 g/mol. The van der Waals surface area contributed by atoms with Crippen molar-refractivity contribution in [3.8, 4) is 33.8 Å². The second-order valence-corrected chi connectivity index (χ2v) is 13.1. The number of imidazole rings is 1. The molecule has 0 N–H and O–H groups in total. The topological polar surface area (TPSA) is 56.0 Å². The van der Waals surface area contributed by atoms with E-state index in [0.717, 1.165) is 78.8 Å². The van der Waals surface area contributed by atoms with E-state index < -0.39 is 0 Å². The van der Waals surface area contributed by atoms with E-state index in [2.05, 4.69) is 138 Å². The molecule has 4 aromatic heterocycles. The molecule has 0 amide bonds. The van der Waals surface area contributed by atoms with Crippen molar-refractivity contribution in [3.05, 3.63) is 181 Å². The van der Waals surface area contributed by atoms with Gasteiger partial charge in [-0.3, -0.25) is 4.40 Å². The van der Waals surface area contributed by atoms with Gasteiger partial charge in [-0.25, -0.2) is 19.9 Å². The first-order valence-electron chi connectivity index (χ1n) is 17.3. The normalized spacial score (nSPS) is 14.4. The third-order valence-corrected chi connectivity index (χ3v) is 9.98. The predicted octanol–water partition coefficient (Wildman–Crippen LogP) is 11.1. The molecule has 240 valence electrons. The first-order chi connectivity index (χ1) is 25.3. The number of nitrogens with zero attached hydrogens (tertiary/aromatic N) is 5. The summed E-state index contributed by atoms with van der Waals surface area (Å²) in [5.41, 5.74) is 12.4. The number of rotatable bonds is 5. The molecule has 51 heavy (non-hydrogen) atoms. The van der Waals surface area contributed by atoms with Crippen molar-refractivity contribution >= 4 is 44.1 Å². The lowest BCUT2D eigenvalue weighted by molar-refractivity contribution is 0.856. The first-order valence-corrected chi connectivity index (χ1v) is 17.3. The SMILES string of the molecule is C1=CC(c2ccc(-c3nc(-c4cccc(-c5ccccc5)c4)c4ccccc4n3)cc2)CC=C1c1nc2c(nc3ccccn32)c2ccccc12. The Labute approximate surface area is 295 Å². The lowest BCUT2D eigenvalue weighted by Gasteiger charge is -2.18. The number of hydrogen-bond acceptors (Lipinski definition) is 4. The van der Waals surface area contributed by atoms with Crippen LogP contribution in [0.2, 0.25) is 0 Å². The van der Waals surface area contributed by atoms with Gasteiger partial charge in [0.2, 0.25) is 0 Å². The minimum Gasteiger partial charge on any atom is -0.284 e. The van der Waals surface area contributed by atoms with Crippen LogP contribution < -0.4 is 0 Å². The molecule has 0 fully saturated rings. The Balaban J connectivity index is 0.963. The second kappa shape index (κ2) is 12.0. The van der Waals surface area contributed by atoms with Crippen molar-refractivity contribution < 1.29 is 0 Å². The van der Waals surface area contributed by atoms with Crippen LogP contribution in [-0.2, 0) is 0 Å². The number of hydrogen-bond donors (Lipinski definition) is 0. The minimum absolute atomic E-state index is 0.266. The molecule has 5 aromatic carbocycles. The van der Waals surface area contributed by atoms with E-state index in [0.29, 0.717) is 0 Å². The summed E-state index contributed by atoms with van der Waals surface area (Å²) in [4.78, 5) is 20.3. The molecule has 5 heteroatoms. The summed E-state index contributed by atoms with van der Waals surface area (Å²) in [5.74, 6) is 0.991. The zero-order valence-corrected chi connectivity index (χ0v) is 27.7. The Kier molecular flexibility index (Phi) is 6.88. The zero-order chi connectivity index (χ0) is 33.7.